The highest BCUT2D eigenvalue weighted by molar-refractivity contribution is 6.30. The molecule has 1 N–H and O–H groups in total. The highest BCUT2D eigenvalue weighted by atomic mass is 35.5. The second-order valence-corrected chi connectivity index (χ2v) is 6.37. The fourth-order valence-electron chi connectivity index (χ4n) is 2.92. The van der Waals surface area contributed by atoms with E-state index in [0.717, 1.165) is 25.3 Å². The lowest BCUT2D eigenvalue weighted by Crippen LogP contribution is -2.14. The Bertz CT molecular complexity index is 804. The van der Waals surface area contributed by atoms with Crippen molar-refractivity contribution in [3.63, 3.8) is 0 Å². The number of aryl methyl sites for hydroxylation is 2. The Hall–Kier alpha value is -2.20. The van der Waals surface area contributed by atoms with Crippen LogP contribution in [-0.4, -0.2) is 11.7 Å². The number of anilines is 1. The Kier molecular flexibility index (Phi) is 4.95. The number of fused-ring (bicyclic) bond motifs is 1. The van der Waals surface area contributed by atoms with Gasteiger partial charge in [-0.1, -0.05) is 23.7 Å². The van der Waals surface area contributed by atoms with Crippen LogP contribution in [0.5, 0.6) is 0 Å². The van der Waals surface area contributed by atoms with E-state index in [0.29, 0.717) is 5.56 Å². The highest BCUT2D eigenvalue weighted by Gasteiger charge is 2.15. The number of carbonyl (C=O) groups excluding carboxylic acids is 2. The van der Waals surface area contributed by atoms with E-state index in [-0.39, 0.29) is 29.3 Å². The van der Waals surface area contributed by atoms with Gasteiger partial charge in [0.1, 0.15) is 5.82 Å². The number of nitrogens with one attached hydrogen (secondary N) is 1. The summed E-state index contributed by atoms with van der Waals surface area (Å²) in [6.07, 6.45) is 3.31. The maximum Gasteiger partial charge on any atom is 0.224 e. The fraction of sp³-hybridized carbons (Fsp3) is 0.263. The number of Topliss-reactive ketones (excluding diaryl/α,β-unsaturated/α-hetero) is 1. The minimum atomic E-state index is -0.596. The standard InChI is InChI=1S/C19H17ClFNO2/c20-15-6-7-17(16(21)11-15)22-19(24)9-8-18(23)14-5-4-12-2-1-3-13(12)10-14/h4-7,10-11H,1-3,8-9H2,(H,22,24). The van der Waals surface area contributed by atoms with Gasteiger partial charge in [-0.15, -0.1) is 0 Å². The zero-order valence-electron chi connectivity index (χ0n) is 13.1. The van der Waals surface area contributed by atoms with E-state index in [4.69, 9.17) is 11.6 Å². The van der Waals surface area contributed by atoms with Crippen LogP contribution in [0.15, 0.2) is 36.4 Å². The van der Waals surface area contributed by atoms with Crippen LogP contribution in [0.2, 0.25) is 5.02 Å². The smallest absolute Gasteiger partial charge is 0.224 e. The Morgan fingerprint density at radius 1 is 1.04 bits per heavy atom. The number of halogens is 2. The number of ketones is 1. The van der Waals surface area contributed by atoms with E-state index in [1.54, 1.807) is 0 Å². The van der Waals surface area contributed by atoms with Gasteiger partial charge in [-0.25, -0.2) is 4.39 Å². The van der Waals surface area contributed by atoms with Crippen molar-refractivity contribution in [1.29, 1.82) is 0 Å². The molecule has 24 heavy (non-hydrogen) atoms. The van der Waals surface area contributed by atoms with E-state index in [2.05, 4.69) is 5.32 Å². The van der Waals surface area contributed by atoms with Gasteiger partial charge in [-0.3, -0.25) is 9.59 Å². The topological polar surface area (TPSA) is 46.2 Å². The quantitative estimate of drug-likeness (QED) is 0.807. The summed E-state index contributed by atoms with van der Waals surface area (Å²) in [6.45, 7) is 0. The highest BCUT2D eigenvalue weighted by Crippen LogP contribution is 2.24. The molecule has 2 aromatic rings. The minimum Gasteiger partial charge on any atom is -0.324 e. The van der Waals surface area contributed by atoms with Crippen molar-refractivity contribution < 1.29 is 14.0 Å². The van der Waals surface area contributed by atoms with Crippen molar-refractivity contribution in [1.82, 2.24) is 0 Å². The number of benzene rings is 2. The van der Waals surface area contributed by atoms with Gasteiger partial charge in [-0.2, -0.15) is 0 Å². The van der Waals surface area contributed by atoms with Gasteiger partial charge in [-0.05, 0) is 54.7 Å². The number of carbonyl (C=O) groups is 2. The van der Waals surface area contributed by atoms with Gasteiger partial charge in [0.2, 0.25) is 5.91 Å². The Morgan fingerprint density at radius 3 is 2.62 bits per heavy atom. The molecule has 0 aliphatic heterocycles. The van der Waals surface area contributed by atoms with E-state index < -0.39 is 11.7 Å². The molecule has 3 rings (SSSR count). The van der Waals surface area contributed by atoms with Crippen LogP contribution >= 0.6 is 11.6 Å². The summed E-state index contributed by atoms with van der Waals surface area (Å²) in [4.78, 5) is 24.2. The molecule has 0 aromatic heterocycles. The first kappa shape index (κ1) is 16.7. The van der Waals surface area contributed by atoms with Crippen LogP contribution in [0.25, 0.3) is 0 Å². The first-order chi connectivity index (χ1) is 11.5. The molecule has 3 nitrogen and oxygen atoms in total. The van der Waals surface area contributed by atoms with Crippen molar-refractivity contribution in [3.8, 4) is 0 Å². The zero-order chi connectivity index (χ0) is 17.1. The third kappa shape index (κ3) is 3.82. The molecule has 0 atom stereocenters. The van der Waals surface area contributed by atoms with Gasteiger partial charge >= 0.3 is 0 Å². The Morgan fingerprint density at radius 2 is 1.83 bits per heavy atom. The maximum absolute atomic E-state index is 13.6. The molecule has 0 radical (unpaired) electrons. The minimum absolute atomic E-state index is 0.0119. The summed E-state index contributed by atoms with van der Waals surface area (Å²) >= 11 is 5.67. The SMILES string of the molecule is O=C(CCC(=O)c1ccc2c(c1)CCC2)Nc1ccc(Cl)cc1F. The van der Waals surface area contributed by atoms with Crippen molar-refractivity contribution in [2.24, 2.45) is 0 Å². The molecule has 0 bridgehead atoms. The van der Waals surface area contributed by atoms with E-state index >= 15 is 0 Å². The fourth-order valence-corrected chi connectivity index (χ4v) is 3.08. The molecule has 0 saturated heterocycles. The number of hydrogen-bond acceptors (Lipinski definition) is 2. The Balaban J connectivity index is 1.57. The molecule has 0 fully saturated rings. The third-order valence-electron chi connectivity index (χ3n) is 4.20. The monoisotopic (exact) mass is 345 g/mol. The lowest BCUT2D eigenvalue weighted by Gasteiger charge is -2.07. The Labute approximate surface area is 144 Å². The van der Waals surface area contributed by atoms with Crippen molar-refractivity contribution in [2.45, 2.75) is 32.1 Å². The molecule has 1 aliphatic rings. The predicted molar refractivity (Wildman–Crippen MR) is 92.1 cm³/mol. The van der Waals surface area contributed by atoms with Crippen LogP contribution in [-0.2, 0) is 17.6 Å². The van der Waals surface area contributed by atoms with Crippen molar-refractivity contribution in [3.05, 3.63) is 63.9 Å². The zero-order valence-corrected chi connectivity index (χ0v) is 13.8. The van der Waals surface area contributed by atoms with Crippen LogP contribution < -0.4 is 5.32 Å². The first-order valence-electron chi connectivity index (χ1n) is 7.93. The molecule has 1 amide bonds. The normalized spacial score (nSPS) is 12.8. The van der Waals surface area contributed by atoms with Crippen molar-refractivity contribution in [2.75, 3.05) is 5.32 Å². The van der Waals surface area contributed by atoms with Gasteiger partial charge in [0.05, 0.1) is 5.69 Å². The first-order valence-corrected chi connectivity index (χ1v) is 8.30. The van der Waals surface area contributed by atoms with Gasteiger partial charge < -0.3 is 5.32 Å². The summed E-state index contributed by atoms with van der Waals surface area (Å²) in [6, 6.07) is 9.78. The molecular formula is C19H17ClFNO2. The largest absolute Gasteiger partial charge is 0.324 e. The second kappa shape index (κ2) is 7.14. The molecule has 1 aliphatic carbocycles. The molecule has 0 unspecified atom stereocenters. The number of rotatable bonds is 5. The van der Waals surface area contributed by atoms with E-state index in [9.17, 15) is 14.0 Å². The summed E-state index contributed by atoms with van der Waals surface area (Å²) in [5, 5.41) is 2.72. The third-order valence-corrected chi connectivity index (χ3v) is 4.44. The van der Waals surface area contributed by atoms with E-state index in [1.807, 2.05) is 18.2 Å². The van der Waals surface area contributed by atoms with E-state index in [1.165, 1.54) is 23.3 Å². The molecule has 0 spiro atoms. The molecule has 124 valence electrons. The van der Waals surface area contributed by atoms with Crippen LogP contribution in [0.3, 0.4) is 0 Å². The predicted octanol–water partition coefficient (Wildman–Crippen LogP) is 4.57. The van der Waals surface area contributed by atoms with Gasteiger partial charge in [0.15, 0.2) is 5.78 Å². The van der Waals surface area contributed by atoms with Gasteiger partial charge in [0, 0.05) is 23.4 Å². The van der Waals surface area contributed by atoms with Gasteiger partial charge in [0.25, 0.3) is 0 Å². The molecule has 2 aromatic carbocycles. The molecular weight excluding hydrogens is 329 g/mol. The van der Waals surface area contributed by atoms with Crippen molar-refractivity contribution >= 4 is 29.0 Å². The van der Waals surface area contributed by atoms with Crippen LogP contribution in [0, 0.1) is 5.82 Å². The average molecular weight is 346 g/mol. The summed E-state index contributed by atoms with van der Waals surface area (Å²) in [7, 11) is 0. The summed E-state index contributed by atoms with van der Waals surface area (Å²) < 4.78 is 13.6. The summed E-state index contributed by atoms with van der Waals surface area (Å²) in [5.74, 6) is -1.07. The lowest BCUT2D eigenvalue weighted by atomic mass is 10.0. The maximum atomic E-state index is 13.6. The molecule has 0 saturated carbocycles. The average Bonchev–Trinajstić information content (AvgIpc) is 3.03. The molecule has 5 heteroatoms. The second-order valence-electron chi connectivity index (χ2n) is 5.93. The van der Waals surface area contributed by atoms with Crippen LogP contribution in [0.4, 0.5) is 10.1 Å². The summed E-state index contributed by atoms with van der Waals surface area (Å²) in [5.41, 5.74) is 3.24. The lowest BCUT2D eigenvalue weighted by molar-refractivity contribution is -0.116. The van der Waals surface area contributed by atoms with Crippen LogP contribution in [0.1, 0.15) is 40.7 Å². The number of hydrogen-bond donors (Lipinski definition) is 1. The molecule has 0 heterocycles. The number of amides is 1.